The Kier molecular flexibility index (Phi) is 6.89. The van der Waals surface area contributed by atoms with Crippen LogP contribution in [0.25, 0.3) is 11.0 Å². The first-order valence-corrected chi connectivity index (χ1v) is 10.2. The number of nitrogen functional groups attached to an aromatic ring is 1. The quantitative estimate of drug-likeness (QED) is 0.553. The molecule has 2 aromatic rings. The van der Waals surface area contributed by atoms with Crippen molar-refractivity contribution in [3.63, 3.8) is 0 Å². The summed E-state index contributed by atoms with van der Waals surface area (Å²) in [5.74, 6) is 2.14. The van der Waals surface area contributed by atoms with E-state index in [-0.39, 0.29) is 0 Å². The minimum atomic E-state index is -0.710. The maximum atomic E-state index is 11.2. The van der Waals surface area contributed by atoms with E-state index in [9.17, 15) is 4.55 Å². The number of aryl methyl sites for hydroxylation is 3. The summed E-state index contributed by atoms with van der Waals surface area (Å²) in [7, 11) is 0. The van der Waals surface area contributed by atoms with E-state index >= 15 is 0 Å². The maximum absolute atomic E-state index is 11.2. The number of unbranched alkanes of at least 4 members (excludes halogenated alkanes) is 2. The van der Waals surface area contributed by atoms with Crippen molar-refractivity contribution >= 4 is 28.0 Å². The smallest absolute Gasteiger partial charge is 0.151 e. The Morgan fingerprint density at radius 2 is 1.96 bits per heavy atom. The second-order valence-electron chi connectivity index (χ2n) is 6.06. The monoisotopic (exact) mass is 352 g/mol. The molecule has 2 aromatic heterocycles. The molecule has 0 saturated heterocycles. The Hall–Kier alpha value is -1.31. The van der Waals surface area contributed by atoms with Crippen molar-refractivity contribution in [2.24, 2.45) is 0 Å². The van der Waals surface area contributed by atoms with Crippen molar-refractivity contribution in [3.8, 4) is 0 Å². The van der Waals surface area contributed by atoms with Crippen LogP contribution in [0.15, 0.2) is 0 Å². The molecule has 0 bridgehead atoms. The van der Waals surface area contributed by atoms with E-state index in [0.29, 0.717) is 19.0 Å². The molecule has 0 radical (unpaired) electrons. The fourth-order valence-corrected chi connectivity index (χ4v) is 3.45. The number of imidazole rings is 1. The van der Waals surface area contributed by atoms with Crippen LogP contribution >= 0.6 is 0 Å². The molecule has 0 amide bonds. The van der Waals surface area contributed by atoms with Gasteiger partial charge in [0.25, 0.3) is 0 Å². The Labute approximate surface area is 147 Å². The molecule has 24 heavy (non-hydrogen) atoms. The standard InChI is InChI=1S/C17H28N4O2S/c1-5-23-11-14-20-15-16(12(2)13(3)19-17(15)18)21(14)9-7-6-8-10-24(4)22/h5-11H2,1-4H3,(H2,18,19). The summed E-state index contributed by atoms with van der Waals surface area (Å²) < 4.78 is 19.0. The third-order valence-electron chi connectivity index (χ3n) is 4.22. The SMILES string of the molecule is CCOCc1nc2c(N)nc(C)c(C)c2n1CCCCC[S+](C)[O-]. The molecule has 0 aliphatic rings. The van der Waals surface area contributed by atoms with Crippen LogP contribution in [0.4, 0.5) is 5.82 Å². The number of hydrogen-bond acceptors (Lipinski definition) is 5. The van der Waals surface area contributed by atoms with E-state index in [4.69, 9.17) is 10.5 Å². The third kappa shape index (κ3) is 4.40. The van der Waals surface area contributed by atoms with Crippen molar-refractivity contribution in [2.45, 2.75) is 53.2 Å². The first kappa shape index (κ1) is 19.0. The molecular weight excluding hydrogens is 324 g/mol. The van der Waals surface area contributed by atoms with E-state index in [1.807, 2.05) is 13.8 Å². The molecule has 7 heteroatoms. The average molecular weight is 353 g/mol. The van der Waals surface area contributed by atoms with E-state index < -0.39 is 11.2 Å². The third-order valence-corrected chi connectivity index (χ3v) is 5.09. The first-order chi connectivity index (χ1) is 11.5. The molecule has 0 spiro atoms. The molecule has 2 N–H and O–H groups in total. The van der Waals surface area contributed by atoms with Gasteiger partial charge in [-0.25, -0.2) is 9.97 Å². The normalized spacial score (nSPS) is 12.9. The van der Waals surface area contributed by atoms with Gasteiger partial charge in [-0.2, -0.15) is 0 Å². The molecule has 2 heterocycles. The van der Waals surface area contributed by atoms with E-state index in [2.05, 4.69) is 21.5 Å². The summed E-state index contributed by atoms with van der Waals surface area (Å²) in [6.45, 7) is 8.00. The maximum Gasteiger partial charge on any atom is 0.151 e. The Morgan fingerprint density at radius 1 is 1.21 bits per heavy atom. The number of fused-ring (bicyclic) bond motifs is 1. The molecule has 0 aromatic carbocycles. The molecule has 0 fully saturated rings. The Morgan fingerprint density at radius 3 is 2.62 bits per heavy atom. The first-order valence-electron chi connectivity index (χ1n) is 8.45. The lowest BCUT2D eigenvalue weighted by Crippen LogP contribution is -2.08. The number of anilines is 1. The van der Waals surface area contributed by atoms with Crippen molar-refractivity contribution in [1.82, 2.24) is 14.5 Å². The lowest BCUT2D eigenvalue weighted by atomic mass is 10.2. The molecule has 2 rings (SSSR count). The zero-order valence-corrected chi connectivity index (χ0v) is 15.9. The van der Waals surface area contributed by atoms with Crippen LogP contribution in [-0.2, 0) is 29.1 Å². The summed E-state index contributed by atoms with van der Waals surface area (Å²) >= 11 is -0.710. The van der Waals surface area contributed by atoms with Crippen LogP contribution in [-0.4, -0.2) is 37.7 Å². The van der Waals surface area contributed by atoms with Gasteiger partial charge in [-0.3, -0.25) is 0 Å². The predicted octanol–water partition coefficient (Wildman–Crippen LogP) is 2.72. The molecule has 0 aliphatic heterocycles. The zero-order valence-electron chi connectivity index (χ0n) is 15.1. The summed E-state index contributed by atoms with van der Waals surface area (Å²) in [6.07, 6.45) is 4.80. The van der Waals surface area contributed by atoms with Gasteiger partial charge in [0.15, 0.2) is 5.82 Å². The second kappa shape index (κ2) is 8.69. The number of rotatable bonds is 9. The average Bonchev–Trinajstić information content (AvgIpc) is 2.89. The largest absolute Gasteiger partial charge is 0.617 e. The lowest BCUT2D eigenvalue weighted by molar-refractivity contribution is 0.126. The Balaban J connectivity index is 2.26. The van der Waals surface area contributed by atoms with Crippen molar-refractivity contribution in [3.05, 3.63) is 17.1 Å². The zero-order chi connectivity index (χ0) is 17.7. The molecular formula is C17H28N4O2S. The van der Waals surface area contributed by atoms with Gasteiger partial charge in [0.1, 0.15) is 23.7 Å². The minimum absolute atomic E-state index is 0.474. The lowest BCUT2D eigenvalue weighted by Gasteiger charge is -2.12. The van der Waals surface area contributed by atoms with Crippen LogP contribution < -0.4 is 5.73 Å². The van der Waals surface area contributed by atoms with Crippen molar-refractivity contribution in [2.75, 3.05) is 24.3 Å². The summed E-state index contributed by atoms with van der Waals surface area (Å²) in [5, 5.41) is 0. The Bertz CT molecular complexity index is 685. The van der Waals surface area contributed by atoms with Gasteiger partial charge in [0.2, 0.25) is 0 Å². The van der Waals surface area contributed by atoms with Gasteiger partial charge >= 0.3 is 0 Å². The molecule has 134 valence electrons. The summed E-state index contributed by atoms with van der Waals surface area (Å²) in [4.78, 5) is 9.07. The van der Waals surface area contributed by atoms with Crippen LogP contribution in [0, 0.1) is 13.8 Å². The van der Waals surface area contributed by atoms with E-state index in [1.165, 1.54) is 0 Å². The minimum Gasteiger partial charge on any atom is -0.617 e. The van der Waals surface area contributed by atoms with E-state index in [0.717, 1.165) is 59.7 Å². The number of hydrogen-bond donors (Lipinski definition) is 1. The van der Waals surface area contributed by atoms with Gasteiger partial charge in [-0.05, 0) is 45.6 Å². The van der Waals surface area contributed by atoms with Crippen LogP contribution in [0.3, 0.4) is 0 Å². The number of pyridine rings is 1. The second-order valence-corrected chi connectivity index (χ2v) is 7.61. The highest BCUT2D eigenvalue weighted by atomic mass is 32.2. The highest BCUT2D eigenvalue weighted by Crippen LogP contribution is 2.26. The number of nitrogens with zero attached hydrogens (tertiary/aromatic N) is 3. The molecule has 1 unspecified atom stereocenters. The van der Waals surface area contributed by atoms with Gasteiger partial charge in [-0.1, -0.05) is 11.2 Å². The number of aromatic nitrogens is 3. The molecule has 6 nitrogen and oxygen atoms in total. The number of ether oxygens (including phenoxy) is 1. The van der Waals surface area contributed by atoms with Crippen molar-refractivity contribution < 1.29 is 9.29 Å². The summed E-state index contributed by atoms with van der Waals surface area (Å²) in [6, 6.07) is 0. The highest BCUT2D eigenvalue weighted by Gasteiger charge is 2.17. The van der Waals surface area contributed by atoms with Crippen LogP contribution in [0.2, 0.25) is 0 Å². The van der Waals surface area contributed by atoms with Crippen LogP contribution in [0.1, 0.15) is 43.3 Å². The van der Waals surface area contributed by atoms with Crippen molar-refractivity contribution in [1.29, 1.82) is 0 Å². The van der Waals surface area contributed by atoms with Gasteiger partial charge in [-0.15, -0.1) is 0 Å². The van der Waals surface area contributed by atoms with E-state index in [1.54, 1.807) is 6.26 Å². The predicted molar refractivity (Wildman–Crippen MR) is 99.5 cm³/mol. The van der Waals surface area contributed by atoms with Gasteiger partial charge in [0.05, 0.1) is 11.8 Å². The number of nitrogens with two attached hydrogens (primary N) is 1. The molecule has 1 atom stereocenters. The summed E-state index contributed by atoms with van der Waals surface area (Å²) in [5.41, 5.74) is 9.97. The van der Waals surface area contributed by atoms with Gasteiger partial charge in [0, 0.05) is 18.8 Å². The molecule has 0 saturated carbocycles. The fraction of sp³-hybridized carbons (Fsp3) is 0.647. The van der Waals surface area contributed by atoms with Crippen LogP contribution in [0.5, 0.6) is 0 Å². The molecule has 0 aliphatic carbocycles. The fourth-order valence-electron chi connectivity index (χ4n) is 2.84. The highest BCUT2D eigenvalue weighted by molar-refractivity contribution is 7.90. The van der Waals surface area contributed by atoms with Gasteiger partial charge < -0.3 is 19.6 Å². The topological polar surface area (TPSA) is 89.0 Å².